The molecule has 0 saturated carbocycles. The van der Waals surface area contributed by atoms with Gasteiger partial charge in [0.15, 0.2) is 0 Å². The monoisotopic (exact) mass is 312 g/mol. The molecule has 0 bridgehead atoms. The van der Waals surface area contributed by atoms with Crippen molar-refractivity contribution in [3.05, 3.63) is 36.4 Å². The van der Waals surface area contributed by atoms with E-state index in [2.05, 4.69) is 0 Å². The summed E-state index contributed by atoms with van der Waals surface area (Å²) in [5.74, 6) is 0. The fourth-order valence-electron chi connectivity index (χ4n) is 1.69. The van der Waals surface area contributed by atoms with Gasteiger partial charge in [-0.05, 0) is 11.5 Å². The molecule has 6 nitrogen and oxygen atoms in total. The van der Waals surface area contributed by atoms with Gasteiger partial charge < -0.3 is 1.43 Å². The van der Waals surface area contributed by atoms with Gasteiger partial charge in [0, 0.05) is 5.39 Å². The van der Waals surface area contributed by atoms with Gasteiger partial charge in [0.1, 0.15) is 9.79 Å². The maximum Gasteiger partial charge on any atom is 1.00 e. The largest absolute Gasteiger partial charge is 1.00 e. The molecule has 0 spiro atoms. The summed E-state index contributed by atoms with van der Waals surface area (Å²) in [6, 6.07) is 8.28. The van der Waals surface area contributed by atoms with Gasteiger partial charge >= 0.3 is 29.6 Å². The first-order valence-corrected chi connectivity index (χ1v) is 7.56. The molecule has 2 aromatic carbocycles. The standard InChI is InChI=1S/C10H8O6S2.Na.H/c11-17(12,13)9-6-5-7-3-1-2-4-8(7)10(9)18(14,15)16;;/h1-6H,(H,11,12,13)(H,14,15,16);;/q;+1;-1. The third kappa shape index (κ3) is 3.34. The number of hydrogen-bond acceptors (Lipinski definition) is 4. The van der Waals surface area contributed by atoms with Crippen LogP contribution in [0.1, 0.15) is 1.43 Å². The fourth-order valence-corrected chi connectivity index (χ4v) is 3.69. The van der Waals surface area contributed by atoms with Gasteiger partial charge in [0.25, 0.3) is 20.2 Å². The number of fused-ring (bicyclic) bond motifs is 1. The van der Waals surface area contributed by atoms with Crippen molar-refractivity contribution in [1.29, 1.82) is 0 Å². The average Bonchev–Trinajstić information content (AvgIpc) is 2.24. The van der Waals surface area contributed by atoms with Crippen LogP contribution in [0.15, 0.2) is 46.2 Å². The van der Waals surface area contributed by atoms with E-state index in [1.54, 1.807) is 12.1 Å². The molecule has 0 aliphatic heterocycles. The molecule has 0 amide bonds. The van der Waals surface area contributed by atoms with Crippen LogP contribution < -0.4 is 29.6 Å². The Labute approximate surface area is 133 Å². The molecule has 0 radical (unpaired) electrons. The topological polar surface area (TPSA) is 109 Å². The second-order valence-corrected chi connectivity index (χ2v) is 6.31. The van der Waals surface area contributed by atoms with Crippen molar-refractivity contribution in [1.82, 2.24) is 0 Å². The maximum atomic E-state index is 11.3. The zero-order valence-electron chi connectivity index (χ0n) is 10.8. The van der Waals surface area contributed by atoms with Crippen molar-refractivity contribution in [2.45, 2.75) is 9.79 Å². The van der Waals surface area contributed by atoms with Gasteiger partial charge in [0.2, 0.25) is 0 Å². The Kier molecular flexibility index (Phi) is 4.79. The van der Waals surface area contributed by atoms with E-state index < -0.39 is 30.0 Å². The molecular weight excluding hydrogens is 303 g/mol. The van der Waals surface area contributed by atoms with E-state index in [1.807, 2.05) is 0 Å². The summed E-state index contributed by atoms with van der Waals surface area (Å²) in [6.07, 6.45) is 0. The zero-order valence-corrected chi connectivity index (χ0v) is 13.4. The van der Waals surface area contributed by atoms with E-state index in [4.69, 9.17) is 9.11 Å². The second-order valence-electron chi connectivity index (χ2n) is 3.56. The molecule has 0 saturated heterocycles. The molecule has 2 N–H and O–H groups in total. The van der Waals surface area contributed by atoms with Crippen LogP contribution in [-0.2, 0) is 20.2 Å². The van der Waals surface area contributed by atoms with Crippen molar-refractivity contribution < 1.29 is 56.9 Å². The normalized spacial score (nSPS) is 12.1. The van der Waals surface area contributed by atoms with Gasteiger partial charge in [-0.2, -0.15) is 16.8 Å². The van der Waals surface area contributed by atoms with Gasteiger partial charge in [-0.1, -0.05) is 30.3 Å². The van der Waals surface area contributed by atoms with Gasteiger partial charge in [-0.15, -0.1) is 0 Å². The second kappa shape index (κ2) is 5.49. The van der Waals surface area contributed by atoms with Crippen LogP contribution in [-0.4, -0.2) is 25.9 Å². The van der Waals surface area contributed by atoms with Crippen LogP contribution in [0.4, 0.5) is 0 Å². The molecule has 0 unspecified atom stereocenters. The summed E-state index contributed by atoms with van der Waals surface area (Å²) in [7, 11) is -9.53. The number of rotatable bonds is 2. The van der Waals surface area contributed by atoms with Crippen LogP contribution in [0.25, 0.3) is 10.8 Å². The summed E-state index contributed by atoms with van der Waals surface area (Å²) in [5, 5.41) is 0.452. The Hall–Kier alpha value is -0.480. The Morgan fingerprint density at radius 1 is 0.842 bits per heavy atom. The van der Waals surface area contributed by atoms with E-state index in [0.717, 1.165) is 6.07 Å². The SMILES string of the molecule is O=S(=O)(O)c1ccc2ccccc2c1S(=O)(=O)O.[H-].[Na+]. The Balaban J connectivity index is 0.00000180. The van der Waals surface area contributed by atoms with Gasteiger partial charge in [-0.3, -0.25) is 9.11 Å². The molecule has 0 fully saturated rings. The van der Waals surface area contributed by atoms with Crippen molar-refractivity contribution in [2.75, 3.05) is 0 Å². The minimum absolute atomic E-state index is 0. The molecule has 2 rings (SSSR count). The van der Waals surface area contributed by atoms with Crippen molar-refractivity contribution in [3.8, 4) is 0 Å². The van der Waals surface area contributed by atoms with Crippen LogP contribution in [0, 0.1) is 0 Å². The molecule has 19 heavy (non-hydrogen) atoms. The molecule has 9 heteroatoms. The summed E-state index contributed by atoms with van der Waals surface area (Å²) in [6.45, 7) is 0. The molecule has 0 aromatic heterocycles. The van der Waals surface area contributed by atoms with E-state index >= 15 is 0 Å². The predicted octanol–water partition coefficient (Wildman–Crippen LogP) is -1.55. The van der Waals surface area contributed by atoms with Crippen molar-refractivity contribution >= 4 is 31.0 Å². The van der Waals surface area contributed by atoms with E-state index in [1.165, 1.54) is 18.2 Å². The van der Waals surface area contributed by atoms with Crippen LogP contribution >= 0.6 is 0 Å². The maximum absolute atomic E-state index is 11.3. The Morgan fingerprint density at radius 2 is 1.42 bits per heavy atom. The molecular formula is C10H9NaO6S2. The zero-order chi connectivity index (χ0) is 13.6. The predicted molar refractivity (Wildman–Crippen MR) is 64.7 cm³/mol. The smallest absolute Gasteiger partial charge is 1.00 e. The molecule has 0 atom stereocenters. The Bertz CT molecular complexity index is 832. The fraction of sp³-hybridized carbons (Fsp3) is 0. The van der Waals surface area contributed by atoms with Crippen molar-refractivity contribution in [3.63, 3.8) is 0 Å². The number of benzene rings is 2. The first-order chi connectivity index (χ1) is 8.21. The summed E-state index contributed by atoms with van der Waals surface area (Å²) in [4.78, 5) is -1.66. The Morgan fingerprint density at radius 3 is 1.95 bits per heavy atom. The van der Waals surface area contributed by atoms with E-state index in [9.17, 15) is 16.8 Å². The molecule has 0 aliphatic rings. The molecule has 2 aromatic rings. The van der Waals surface area contributed by atoms with Gasteiger partial charge in [-0.25, -0.2) is 0 Å². The third-order valence-corrected chi connectivity index (χ3v) is 4.36. The van der Waals surface area contributed by atoms with E-state index in [-0.39, 0.29) is 36.4 Å². The van der Waals surface area contributed by atoms with Crippen molar-refractivity contribution in [2.24, 2.45) is 0 Å². The number of hydrogen-bond donors (Lipinski definition) is 2. The average molecular weight is 312 g/mol. The summed E-state index contributed by atoms with van der Waals surface area (Å²) in [5.41, 5.74) is 0. The minimum Gasteiger partial charge on any atom is -1.00 e. The molecule has 0 aliphatic carbocycles. The van der Waals surface area contributed by atoms with Crippen LogP contribution in [0.5, 0.6) is 0 Å². The molecule has 0 heterocycles. The van der Waals surface area contributed by atoms with Crippen LogP contribution in [0.2, 0.25) is 0 Å². The summed E-state index contributed by atoms with van der Waals surface area (Å²) >= 11 is 0. The first kappa shape index (κ1) is 16.6. The quantitative estimate of drug-likeness (QED) is 0.513. The third-order valence-electron chi connectivity index (χ3n) is 2.38. The molecule has 98 valence electrons. The van der Waals surface area contributed by atoms with Crippen LogP contribution in [0.3, 0.4) is 0 Å². The minimum atomic E-state index is -4.78. The first-order valence-electron chi connectivity index (χ1n) is 4.68. The van der Waals surface area contributed by atoms with Gasteiger partial charge in [0.05, 0.1) is 0 Å². The summed E-state index contributed by atoms with van der Waals surface area (Å²) < 4.78 is 63.0. The van der Waals surface area contributed by atoms with E-state index in [0.29, 0.717) is 5.39 Å².